The van der Waals surface area contributed by atoms with Crippen LogP contribution in [0.5, 0.6) is 17.2 Å². The number of halogens is 1. The fourth-order valence-corrected chi connectivity index (χ4v) is 3.73. The van der Waals surface area contributed by atoms with Crippen LogP contribution in [0.1, 0.15) is 33.8 Å². The number of ketones is 1. The van der Waals surface area contributed by atoms with Crippen molar-refractivity contribution in [2.45, 2.75) is 12.3 Å². The van der Waals surface area contributed by atoms with E-state index in [2.05, 4.69) is 28.7 Å². The Labute approximate surface area is 148 Å². The molecule has 2 aromatic rings. The molecule has 0 radical (unpaired) electrons. The molecule has 0 saturated heterocycles. The van der Waals surface area contributed by atoms with E-state index < -0.39 is 0 Å². The number of hydrogen-bond acceptors (Lipinski definition) is 4. The summed E-state index contributed by atoms with van der Waals surface area (Å²) in [6.07, 6.45) is 0.433. The van der Waals surface area contributed by atoms with Gasteiger partial charge in [0.15, 0.2) is 17.3 Å². The fourth-order valence-electron chi connectivity index (χ4n) is 3.16. The molecule has 1 unspecified atom stereocenters. The maximum Gasteiger partial charge on any atom is 0.203 e. The van der Waals surface area contributed by atoms with Crippen molar-refractivity contribution in [2.24, 2.45) is 0 Å². The molecule has 1 aliphatic rings. The summed E-state index contributed by atoms with van der Waals surface area (Å²) < 4.78 is 17.5. The van der Waals surface area contributed by atoms with Crippen LogP contribution < -0.4 is 14.2 Å². The van der Waals surface area contributed by atoms with Gasteiger partial charge >= 0.3 is 0 Å². The molecular weight excluding hydrogens is 407 g/mol. The Kier molecular flexibility index (Phi) is 4.48. The molecule has 2 aromatic carbocycles. The molecular formula is C18H17IO4. The molecule has 23 heavy (non-hydrogen) atoms. The predicted molar refractivity (Wildman–Crippen MR) is 96.0 cm³/mol. The molecule has 0 saturated carbocycles. The summed E-state index contributed by atoms with van der Waals surface area (Å²) in [6, 6.07) is 9.95. The van der Waals surface area contributed by atoms with E-state index in [1.54, 1.807) is 27.4 Å². The molecule has 0 bridgehead atoms. The number of fused-ring (bicyclic) bond motifs is 1. The minimum Gasteiger partial charge on any atom is -0.493 e. The van der Waals surface area contributed by atoms with E-state index in [4.69, 9.17) is 14.2 Å². The van der Waals surface area contributed by atoms with Gasteiger partial charge in [-0.05, 0) is 46.4 Å². The zero-order chi connectivity index (χ0) is 16.6. The summed E-state index contributed by atoms with van der Waals surface area (Å²) in [5, 5.41) is 0. The van der Waals surface area contributed by atoms with Gasteiger partial charge in [0.05, 0.1) is 21.3 Å². The SMILES string of the molecule is COc1cc2c(c(OC)c1OC)C(c1cccc(I)c1)CC2=O. The van der Waals surface area contributed by atoms with Crippen molar-refractivity contribution in [3.05, 3.63) is 50.6 Å². The first kappa shape index (κ1) is 16.1. The lowest BCUT2D eigenvalue weighted by Crippen LogP contribution is -2.03. The van der Waals surface area contributed by atoms with Crippen LogP contribution >= 0.6 is 22.6 Å². The molecule has 0 spiro atoms. The topological polar surface area (TPSA) is 44.8 Å². The van der Waals surface area contributed by atoms with Gasteiger partial charge in [-0.2, -0.15) is 0 Å². The number of hydrogen-bond donors (Lipinski definition) is 0. The van der Waals surface area contributed by atoms with Crippen LogP contribution in [0.25, 0.3) is 0 Å². The van der Waals surface area contributed by atoms with Crippen LogP contribution in [0.4, 0.5) is 0 Å². The standard InChI is InChI=1S/C18H17IO4/c1-21-15-9-13-14(20)8-12(10-5-4-6-11(19)7-10)16(13)18(23-3)17(15)22-2/h4-7,9,12H,8H2,1-3H3. The van der Waals surface area contributed by atoms with Crippen molar-refractivity contribution < 1.29 is 19.0 Å². The average Bonchev–Trinajstić information content (AvgIpc) is 2.89. The van der Waals surface area contributed by atoms with Crippen LogP contribution in [0.15, 0.2) is 30.3 Å². The highest BCUT2D eigenvalue weighted by Gasteiger charge is 2.36. The number of carbonyl (C=O) groups is 1. The number of Topliss-reactive ketones (excluding diaryl/α,β-unsaturated/α-hetero) is 1. The van der Waals surface area contributed by atoms with Gasteiger partial charge in [0, 0.05) is 27.0 Å². The number of rotatable bonds is 4. The molecule has 1 aliphatic carbocycles. The van der Waals surface area contributed by atoms with E-state index in [0.717, 1.165) is 14.7 Å². The zero-order valence-electron chi connectivity index (χ0n) is 13.2. The van der Waals surface area contributed by atoms with Gasteiger partial charge in [-0.1, -0.05) is 12.1 Å². The van der Waals surface area contributed by atoms with E-state index in [1.807, 2.05) is 18.2 Å². The Bertz CT molecular complexity index is 770. The van der Waals surface area contributed by atoms with E-state index in [0.29, 0.717) is 29.2 Å². The molecule has 1 atom stereocenters. The second-order valence-electron chi connectivity index (χ2n) is 5.34. The van der Waals surface area contributed by atoms with Crippen molar-refractivity contribution in [3.63, 3.8) is 0 Å². The summed E-state index contributed by atoms with van der Waals surface area (Å²) in [5.41, 5.74) is 2.65. The van der Waals surface area contributed by atoms with Crippen molar-refractivity contribution in [1.82, 2.24) is 0 Å². The van der Waals surface area contributed by atoms with Gasteiger partial charge in [0.25, 0.3) is 0 Å². The number of methoxy groups -OCH3 is 3. The van der Waals surface area contributed by atoms with Crippen LogP contribution in [-0.4, -0.2) is 27.1 Å². The van der Waals surface area contributed by atoms with Gasteiger partial charge in [-0.3, -0.25) is 4.79 Å². The van der Waals surface area contributed by atoms with Crippen molar-refractivity contribution in [1.29, 1.82) is 0 Å². The lowest BCUT2D eigenvalue weighted by atomic mass is 9.92. The molecule has 120 valence electrons. The Morgan fingerprint density at radius 3 is 2.39 bits per heavy atom. The predicted octanol–water partition coefficient (Wildman–Crippen LogP) is 4.04. The lowest BCUT2D eigenvalue weighted by molar-refractivity contribution is 0.0991. The number of ether oxygens (including phenoxy) is 3. The lowest BCUT2D eigenvalue weighted by Gasteiger charge is -2.19. The molecule has 0 fully saturated rings. The minimum absolute atomic E-state index is 0.0260. The molecule has 4 nitrogen and oxygen atoms in total. The summed E-state index contributed by atoms with van der Waals surface area (Å²) in [4.78, 5) is 12.5. The largest absolute Gasteiger partial charge is 0.493 e. The first-order chi connectivity index (χ1) is 11.1. The highest BCUT2D eigenvalue weighted by molar-refractivity contribution is 14.1. The minimum atomic E-state index is -0.0260. The van der Waals surface area contributed by atoms with E-state index >= 15 is 0 Å². The summed E-state index contributed by atoms with van der Waals surface area (Å²) >= 11 is 2.28. The Hall–Kier alpha value is -1.76. The Morgan fingerprint density at radius 1 is 1.04 bits per heavy atom. The summed E-state index contributed by atoms with van der Waals surface area (Å²) in [7, 11) is 4.72. The van der Waals surface area contributed by atoms with Gasteiger partial charge in [0.2, 0.25) is 5.75 Å². The maximum absolute atomic E-state index is 12.5. The summed E-state index contributed by atoms with van der Waals surface area (Å²) in [6.45, 7) is 0. The molecule has 0 heterocycles. The first-order valence-electron chi connectivity index (χ1n) is 7.22. The summed E-state index contributed by atoms with van der Waals surface area (Å²) in [5.74, 6) is 1.69. The molecule has 5 heteroatoms. The van der Waals surface area contributed by atoms with Gasteiger partial charge in [-0.25, -0.2) is 0 Å². The van der Waals surface area contributed by atoms with E-state index in [-0.39, 0.29) is 11.7 Å². The normalized spacial score (nSPS) is 16.2. The number of carbonyl (C=O) groups excluding carboxylic acids is 1. The molecule has 0 aliphatic heterocycles. The molecule has 0 amide bonds. The highest BCUT2D eigenvalue weighted by atomic mass is 127. The quantitative estimate of drug-likeness (QED) is 0.696. The molecule has 3 rings (SSSR count). The van der Waals surface area contributed by atoms with E-state index in [1.165, 1.54) is 0 Å². The zero-order valence-corrected chi connectivity index (χ0v) is 15.3. The van der Waals surface area contributed by atoms with Crippen LogP contribution in [0.2, 0.25) is 0 Å². The Morgan fingerprint density at radius 2 is 1.78 bits per heavy atom. The van der Waals surface area contributed by atoms with Crippen LogP contribution in [-0.2, 0) is 0 Å². The van der Waals surface area contributed by atoms with Crippen molar-refractivity contribution >= 4 is 28.4 Å². The van der Waals surface area contributed by atoms with Gasteiger partial charge in [0.1, 0.15) is 0 Å². The third kappa shape index (κ3) is 2.67. The fraction of sp³-hybridized carbons (Fsp3) is 0.278. The van der Waals surface area contributed by atoms with E-state index in [9.17, 15) is 4.79 Å². The monoisotopic (exact) mass is 424 g/mol. The Balaban J connectivity index is 2.24. The second-order valence-corrected chi connectivity index (χ2v) is 6.59. The van der Waals surface area contributed by atoms with Gasteiger partial charge < -0.3 is 14.2 Å². The third-order valence-corrected chi connectivity index (χ3v) is 4.83. The van der Waals surface area contributed by atoms with Crippen LogP contribution in [0.3, 0.4) is 0 Å². The first-order valence-corrected chi connectivity index (χ1v) is 8.30. The second kappa shape index (κ2) is 6.39. The van der Waals surface area contributed by atoms with Gasteiger partial charge in [-0.15, -0.1) is 0 Å². The average molecular weight is 424 g/mol. The smallest absolute Gasteiger partial charge is 0.203 e. The van der Waals surface area contributed by atoms with Crippen LogP contribution in [0, 0.1) is 3.57 Å². The van der Waals surface area contributed by atoms with Crippen molar-refractivity contribution in [3.8, 4) is 17.2 Å². The highest BCUT2D eigenvalue weighted by Crippen LogP contribution is 2.51. The number of benzene rings is 2. The molecule has 0 N–H and O–H groups in total. The third-order valence-electron chi connectivity index (χ3n) is 4.16. The van der Waals surface area contributed by atoms with Crippen molar-refractivity contribution in [2.75, 3.05) is 21.3 Å². The molecule has 0 aromatic heterocycles. The maximum atomic E-state index is 12.5.